The molecule has 122 valence electrons. The van der Waals surface area contributed by atoms with Crippen molar-refractivity contribution >= 4 is 21.7 Å². The zero-order valence-electron chi connectivity index (χ0n) is 12.8. The van der Waals surface area contributed by atoms with Gasteiger partial charge in [0.2, 0.25) is 5.91 Å². The summed E-state index contributed by atoms with van der Waals surface area (Å²) in [4.78, 5) is 24.5. The summed E-state index contributed by atoms with van der Waals surface area (Å²) >= 11 is 0. The molecule has 1 rings (SSSR count). The lowest BCUT2D eigenvalue weighted by molar-refractivity contribution is -0.139. The Balaban J connectivity index is 2.70. The van der Waals surface area contributed by atoms with Gasteiger partial charge in [-0.2, -0.15) is 0 Å². The summed E-state index contributed by atoms with van der Waals surface area (Å²) in [6.45, 7) is 5.98. The van der Waals surface area contributed by atoms with Crippen molar-refractivity contribution in [3.05, 3.63) is 0 Å². The summed E-state index contributed by atoms with van der Waals surface area (Å²) in [7, 11) is -3.22. The van der Waals surface area contributed by atoms with Crippen LogP contribution in [0.3, 0.4) is 0 Å². The van der Waals surface area contributed by atoms with Gasteiger partial charge in [-0.15, -0.1) is 0 Å². The smallest absolute Gasteiger partial charge is 0.304 e. The molecule has 1 unspecified atom stereocenters. The zero-order chi connectivity index (χ0) is 16.3. The van der Waals surface area contributed by atoms with E-state index in [0.717, 1.165) is 6.42 Å². The van der Waals surface area contributed by atoms with E-state index in [9.17, 15) is 18.0 Å². The minimum atomic E-state index is -3.22. The summed E-state index contributed by atoms with van der Waals surface area (Å²) < 4.78 is 23.3. The molecular weight excluding hydrogens is 296 g/mol. The number of nitrogens with one attached hydrogen (secondary N) is 1. The first-order valence-electron chi connectivity index (χ1n) is 7.02. The molecule has 0 aromatic heterocycles. The maximum atomic E-state index is 12.0. The number of carboxylic acids is 1. The van der Waals surface area contributed by atoms with Crippen LogP contribution in [0.25, 0.3) is 0 Å². The highest BCUT2D eigenvalue weighted by Crippen LogP contribution is 2.15. The van der Waals surface area contributed by atoms with Gasteiger partial charge in [0.25, 0.3) is 0 Å². The molecule has 1 saturated heterocycles. The van der Waals surface area contributed by atoms with Crippen LogP contribution in [0.4, 0.5) is 0 Å². The highest BCUT2D eigenvalue weighted by atomic mass is 32.2. The molecule has 0 radical (unpaired) electrons. The fourth-order valence-electron chi connectivity index (χ4n) is 2.21. The number of nitrogens with zero attached hydrogens (tertiary/aromatic N) is 1. The molecule has 0 aliphatic carbocycles. The molecule has 1 amide bonds. The van der Waals surface area contributed by atoms with Gasteiger partial charge in [-0.3, -0.25) is 14.5 Å². The Kier molecular flexibility index (Phi) is 5.75. The number of carbonyl (C=O) groups is 2. The molecule has 0 saturated carbocycles. The van der Waals surface area contributed by atoms with Gasteiger partial charge in [0.15, 0.2) is 9.84 Å². The average molecular weight is 320 g/mol. The van der Waals surface area contributed by atoms with Crippen molar-refractivity contribution in [2.24, 2.45) is 0 Å². The van der Waals surface area contributed by atoms with Crippen molar-refractivity contribution in [3.8, 4) is 0 Å². The first kappa shape index (κ1) is 17.9. The van der Waals surface area contributed by atoms with E-state index in [4.69, 9.17) is 5.11 Å². The Labute approximate surface area is 125 Å². The Hall–Kier alpha value is -1.15. The van der Waals surface area contributed by atoms with Gasteiger partial charge < -0.3 is 10.4 Å². The molecule has 2 N–H and O–H groups in total. The normalized spacial score (nSPS) is 22.7. The van der Waals surface area contributed by atoms with Gasteiger partial charge in [-0.05, 0) is 20.3 Å². The number of aliphatic carboxylic acids is 1. The van der Waals surface area contributed by atoms with E-state index in [2.05, 4.69) is 5.32 Å². The van der Waals surface area contributed by atoms with Crippen LogP contribution < -0.4 is 5.32 Å². The predicted molar refractivity (Wildman–Crippen MR) is 78.8 cm³/mol. The molecule has 0 aromatic rings. The third-order valence-electron chi connectivity index (χ3n) is 3.77. The van der Waals surface area contributed by atoms with Crippen LogP contribution in [0.5, 0.6) is 0 Å². The molecular formula is C13H24N2O5S. The zero-order valence-corrected chi connectivity index (χ0v) is 13.6. The van der Waals surface area contributed by atoms with Crippen molar-refractivity contribution in [2.75, 3.05) is 24.6 Å². The lowest BCUT2D eigenvalue weighted by Crippen LogP contribution is -2.54. The Bertz CT molecular complexity index is 501. The highest BCUT2D eigenvalue weighted by molar-refractivity contribution is 7.91. The van der Waals surface area contributed by atoms with Crippen LogP contribution in [-0.4, -0.2) is 66.5 Å². The van der Waals surface area contributed by atoms with E-state index in [0.29, 0.717) is 0 Å². The second kappa shape index (κ2) is 6.74. The minimum absolute atomic E-state index is 0.0247. The van der Waals surface area contributed by atoms with E-state index >= 15 is 0 Å². The predicted octanol–water partition coefficient (Wildman–Crippen LogP) is -0.135. The number of carbonyl (C=O) groups excluding carboxylic acids is 1. The van der Waals surface area contributed by atoms with E-state index in [1.54, 1.807) is 4.90 Å². The standard InChI is InChI=1S/C13H24N2O5S/c1-4-13(2,3)14-11(16)8-15-5-6-21(19,20)9-10(15)7-12(17)18/h10H,4-9H2,1-3H3,(H,14,16)(H,17,18). The molecule has 8 heteroatoms. The van der Waals surface area contributed by atoms with Crippen molar-refractivity contribution in [3.63, 3.8) is 0 Å². The molecule has 0 bridgehead atoms. The van der Waals surface area contributed by atoms with Crippen LogP contribution in [0.2, 0.25) is 0 Å². The van der Waals surface area contributed by atoms with Crippen molar-refractivity contribution < 1.29 is 23.1 Å². The highest BCUT2D eigenvalue weighted by Gasteiger charge is 2.34. The molecule has 1 aliphatic heterocycles. The fourth-order valence-corrected chi connectivity index (χ4v) is 3.80. The average Bonchev–Trinajstić information content (AvgIpc) is 2.31. The number of amides is 1. The summed E-state index contributed by atoms with van der Waals surface area (Å²) in [5.41, 5.74) is -0.332. The van der Waals surface area contributed by atoms with Crippen LogP contribution in [0.1, 0.15) is 33.6 Å². The summed E-state index contributed by atoms with van der Waals surface area (Å²) in [5.74, 6) is -1.51. The molecule has 21 heavy (non-hydrogen) atoms. The minimum Gasteiger partial charge on any atom is -0.481 e. The third kappa shape index (κ3) is 6.01. The SMILES string of the molecule is CCC(C)(C)NC(=O)CN1CCS(=O)(=O)CC1CC(=O)O. The van der Waals surface area contributed by atoms with Crippen LogP contribution in [-0.2, 0) is 19.4 Å². The maximum absolute atomic E-state index is 12.0. The van der Waals surface area contributed by atoms with E-state index in [1.807, 2.05) is 20.8 Å². The summed E-state index contributed by atoms with van der Waals surface area (Å²) in [5, 5.41) is 11.8. The first-order valence-corrected chi connectivity index (χ1v) is 8.84. The molecule has 7 nitrogen and oxygen atoms in total. The second-order valence-corrected chi connectivity index (χ2v) is 8.35. The topological polar surface area (TPSA) is 104 Å². The fraction of sp³-hybridized carbons (Fsp3) is 0.846. The number of sulfone groups is 1. The van der Waals surface area contributed by atoms with Crippen molar-refractivity contribution in [2.45, 2.75) is 45.2 Å². The Morgan fingerprint density at radius 1 is 1.38 bits per heavy atom. The van der Waals surface area contributed by atoms with Crippen molar-refractivity contribution in [1.29, 1.82) is 0 Å². The number of hydrogen-bond acceptors (Lipinski definition) is 5. The number of carboxylic acid groups (broad SMARTS) is 1. The summed E-state index contributed by atoms with van der Waals surface area (Å²) in [6.07, 6.45) is 0.495. The molecule has 1 fully saturated rings. The van der Waals surface area contributed by atoms with E-state index < -0.39 is 21.8 Å². The number of hydrogen-bond donors (Lipinski definition) is 2. The van der Waals surface area contributed by atoms with Crippen LogP contribution >= 0.6 is 0 Å². The van der Waals surface area contributed by atoms with Crippen LogP contribution in [0, 0.1) is 0 Å². The molecule has 1 atom stereocenters. The molecule has 1 heterocycles. The maximum Gasteiger partial charge on any atom is 0.304 e. The second-order valence-electron chi connectivity index (χ2n) is 6.12. The Morgan fingerprint density at radius 2 is 2.00 bits per heavy atom. The lowest BCUT2D eigenvalue weighted by Gasteiger charge is -2.35. The molecule has 0 spiro atoms. The first-order chi connectivity index (χ1) is 9.54. The van der Waals surface area contributed by atoms with E-state index in [1.165, 1.54) is 0 Å². The van der Waals surface area contributed by atoms with Gasteiger partial charge in [0.1, 0.15) is 0 Å². The monoisotopic (exact) mass is 320 g/mol. The summed E-state index contributed by atoms with van der Waals surface area (Å²) in [6, 6.07) is -0.642. The third-order valence-corrected chi connectivity index (χ3v) is 5.47. The molecule has 1 aliphatic rings. The molecule has 0 aromatic carbocycles. The van der Waals surface area contributed by atoms with Crippen molar-refractivity contribution in [1.82, 2.24) is 10.2 Å². The van der Waals surface area contributed by atoms with Gasteiger partial charge in [0, 0.05) is 18.1 Å². The quantitative estimate of drug-likeness (QED) is 0.706. The van der Waals surface area contributed by atoms with Gasteiger partial charge in [0.05, 0.1) is 24.5 Å². The largest absolute Gasteiger partial charge is 0.481 e. The van der Waals surface area contributed by atoms with Gasteiger partial charge >= 0.3 is 5.97 Å². The van der Waals surface area contributed by atoms with Gasteiger partial charge in [-0.25, -0.2) is 8.42 Å². The van der Waals surface area contributed by atoms with Gasteiger partial charge in [-0.1, -0.05) is 6.92 Å². The number of rotatable bonds is 6. The van der Waals surface area contributed by atoms with E-state index in [-0.39, 0.29) is 42.5 Å². The van der Waals surface area contributed by atoms with Crippen LogP contribution in [0.15, 0.2) is 0 Å². The Morgan fingerprint density at radius 3 is 2.52 bits per heavy atom. The lowest BCUT2D eigenvalue weighted by atomic mass is 10.0.